The van der Waals surface area contributed by atoms with Crippen molar-refractivity contribution in [2.75, 3.05) is 64.2 Å². The van der Waals surface area contributed by atoms with Gasteiger partial charge in [0.2, 0.25) is 59.1 Å². The Bertz CT molecular complexity index is 3760. The predicted octanol–water partition coefficient (Wildman–Crippen LogP) is 2.86. The van der Waals surface area contributed by atoms with E-state index in [0.29, 0.717) is 125 Å². The zero-order valence-electron chi connectivity index (χ0n) is 57.9. The summed E-state index contributed by atoms with van der Waals surface area (Å²) in [5, 5.41) is 55.8. The van der Waals surface area contributed by atoms with Crippen molar-refractivity contribution in [3.63, 3.8) is 0 Å². The quantitative estimate of drug-likeness (QED) is 0.0509. The van der Waals surface area contributed by atoms with Crippen LogP contribution in [0.5, 0.6) is 23.0 Å². The summed E-state index contributed by atoms with van der Waals surface area (Å²) >= 11 is 5.69. The molecule has 3 aromatic rings. The molecule has 103 heavy (non-hydrogen) atoms. The number of allylic oxidation sites excluding steroid dienone is 1. The number of carbonyl (C=O) groups is 12. The van der Waals surface area contributed by atoms with Gasteiger partial charge < -0.3 is 91.6 Å². The number of carboxylic acids is 1. The number of phenols is 2. The third-order valence-electron chi connectivity index (χ3n) is 20.2. The number of aliphatic carboxylic acids is 1. The van der Waals surface area contributed by atoms with Crippen molar-refractivity contribution in [1.29, 1.82) is 0 Å². The van der Waals surface area contributed by atoms with Crippen LogP contribution in [-0.4, -0.2) is 233 Å². The van der Waals surface area contributed by atoms with Crippen molar-refractivity contribution in [3.8, 4) is 23.0 Å². The lowest BCUT2D eigenvalue weighted by atomic mass is 9.77. The lowest BCUT2D eigenvalue weighted by Gasteiger charge is -2.36. The van der Waals surface area contributed by atoms with Gasteiger partial charge in [0.25, 0.3) is 0 Å². The standard InChI is InChI=1S/C72H92N12O18S/c1-42-66(96)84-36-16-20-55(84)69(99)83-35-14-18-53(83)63(93)77-51(28-29-61(91)92)67(97)79(40-58(73)88)31-11-7-5-3-4-6-8-12-32-80(41-60(90)81-33-13-17-52(81)64(94)78-62(43(2)85)65(95)75-42)68(98)54-19-15-34-82(54)59(89)21-9-10-30-74-71(103)76-44-22-25-47-50(37-44)72(102-70(47)100)48-26-23-45(86)38-56(48)101-57-39-46(87)24-27-49(57)72/h6,8,22-27,37-39,42-43,51-55,62,85-87H,3-5,7,9-21,28-36,40-41H2,1-2H3,(H2,73,88)(H,75,95)(H,77,93)(H,78,94)(H,91,92)(H2,74,76,103)/b8-6-/t42-,43+,51-,52-,53-,54-,55-,62-/m0/s1. The second-order valence-corrected chi connectivity index (χ2v) is 27.8. The van der Waals surface area contributed by atoms with Gasteiger partial charge >= 0.3 is 11.9 Å². The first-order chi connectivity index (χ1) is 49.3. The van der Waals surface area contributed by atoms with E-state index in [1.807, 2.05) is 12.2 Å². The number of primary amides is 1. The van der Waals surface area contributed by atoms with Gasteiger partial charge in [0, 0.05) is 93.2 Å². The largest absolute Gasteiger partial charge is 0.508 e. The van der Waals surface area contributed by atoms with Gasteiger partial charge in [0.15, 0.2) is 10.7 Å². The smallest absolute Gasteiger partial charge is 0.340 e. The fourth-order valence-corrected chi connectivity index (χ4v) is 15.2. The number of ether oxygens (including phenoxy) is 2. The minimum Gasteiger partial charge on any atom is -0.508 e. The molecule has 7 aliphatic rings. The van der Waals surface area contributed by atoms with Crippen molar-refractivity contribution >= 4 is 94.0 Å². The summed E-state index contributed by atoms with van der Waals surface area (Å²) in [7, 11) is 0. The normalized spacial score (nSPS) is 24.5. The van der Waals surface area contributed by atoms with E-state index in [2.05, 4.69) is 26.6 Å². The van der Waals surface area contributed by atoms with Gasteiger partial charge in [-0.15, -0.1) is 0 Å². The van der Waals surface area contributed by atoms with Crippen molar-refractivity contribution in [1.82, 2.24) is 50.7 Å². The third-order valence-corrected chi connectivity index (χ3v) is 20.4. The highest BCUT2D eigenvalue weighted by molar-refractivity contribution is 7.80. The number of likely N-dealkylation sites (tertiary alicyclic amines) is 1. The van der Waals surface area contributed by atoms with Crippen molar-refractivity contribution < 1.29 is 87.4 Å². The van der Waals surface area contributed by atoms with Crippen LogP contribution in [0.2, 0.25) is 0 Å². The fraction of sp³-hybridized carbons (Fsp3) is 0.542. The van der Waals surface area contributed by atoms with Crippen LogP contribution >= 0.6 is 12.2 Å². The van der Waals surface area contributed by atoms with E-state index < -0.39 is 139 Å². The Balaban J connectivity index is 0.790. The van der Waals surface area contributed by atoms with Crippen LogP contribution in [0.15, 0.2) is 66.7 Å². The van der Waals surface area contributed by atoms with E-state index in [9.17, 15) is 78.0 Å². The number of amides is 10. The average Bonchev–Trinajstić information content (AvgIpc) is 1.60. The first kappa shape index (κ1) is 75.7. The summed E-state index contributed by atoms with van der Waals surface area (Å²) in [6.45, 7) is 2.91. The molecular weight excluding hydrogens is 1350 g/mol. The molecule has 10 rings (SSSR count). The second-order valence-electron chi connectivity index (χ2n) is 27.4. The number of hydrogen-bond donors (Lipinski definition) is 10. The highest BCUT2D eigenvalue weighted by Gasteiger charge is 2.54. The SMILES string of the molecule is C[C@@H]1NC(=O)[C@H]([C@@H](C)O)NC(=O)[C@@H]2CCCN2C(=O)CN(C(=O)[C@@H]2CCCN2C(=O)CCCCNC(=S)Nc2ccc3c(c2)C2(OC3=O)c3ccc(O)cc3Oc3cc(O)ccc32)CC/C=C\CCCCCCN(CC(N)=O)C(=O)[C@H](CCC(=O)O)NC(=O)[C@@H]2CCCN2C(=O)[C@@H]2CCCN2C1=O. The van der Waals surface area contributed by atoms with Gasteiger partial charge in [-0.25, -0.2) is 4.79 Å². The topological polar surface area (TPSA) is 410 Å². The number of fused-ring (bicyclic) bond motifs is 9. The molecule has 31 heteroatoms. The lowest BCUT2D eigenvalue weighted by molar-refractivity contribution is -0.148. The molecule has 554 valence electrons. The van der Waals surface area contributed by atoms with Crippen LogP contribution in [0.3, 0.4) is 0 Å². The number of thiocarbonyl (C=S) groups is 1. The Morgan fingerprint density at radius 3 is 1.98 bits per heavy atom. The Kier molecular flexibility index (Phi) is 24.9. The highest BCUT2D eigenvalue weighted by atomic mass is 32.1. The van der Waals surface area contributed by atoms with E-state index in [4.69, 9.17) is 27.4 Å². The molecule has 7 heterocycles. The fourth-order valence-electron chi connectivity index (χ4n) is 15.0. The van der Waals surface area contributed by atoms with Crippen molar-refractivity contribution in [2.45, 2.75) is 190 Å². The molecule has 8 atom stereocenters. The molecule has 0 aromatic heterocycles. The van der Waals surface area contributed by atoms with Crippen LogP contribution in [0.4, 0.5) is 5.69 Å². The number of rotatable bonds is 13. The average molecular weight is 1450 g/mol. The number of nitrogens with two attached hydrogens (primary N) is 1. The van der Waals surface area contributed by atoms with Crippen molar-refractivity contribution in [2.24, 2.45) is 5.73 Å². The first-order valence-electron chi connectivity index (χ1n) is 35.6. The van der Waals surface area contributed by atoms with Crippen LogP contribution in [0, 0.1) is 0 Å². The maximum atomic E-state index is 14.9. The number of anilines is 1. The summed E-state index contributed by atoms with van der Waals surface area (Å²) < 4.78 is 12.3. The Labute approximate surface area is 601 Å². The number of carbonyl (C=O) groups excluding carboxylic acids is 11. The third kappa shape index (κ3) is 17.6. The molecule has 0 radical (unpaired) electrons. The van der Waals surface area contributed by atoms with Gasteiger partial charge in [-0.1, -0.05) is 25.0 Å². The number of hydrogen-bond acceptors (Lipinski definition) is 18. The lowest BCUT2D eigenvalue weighted by Crippen LogP contribution is -2.60. The molecule has 10 amide bonds. The summed E-state index contributed by atoms with van der Waals surface area (Å²) in [6, 6.07) is 5.59. The number of carboxylic acid groups (broad SMARTS) is 1. The molecule has 4 saturated heterocycles. The number of aromatic hydroxyl groups is 2. The molecule has 3 aromatic carbocycles. The molecule has 11 N–H and O–H groups in total. The summed E-state index contributed by atoms with van der Waals surface area (Å²) in [6.07, 6.45) is 8.56. The van der Waals surface area contributed by atoms with Crippen LogP contribution in [0.1, 0.15) is 163 Å². The van der Waals surface area contributed by atoms with Crippen LogP contribution in [0.25, 0.3) is 0 Å². The molecule has 0 bridgehead atoms. The molecule has 0 unspecified atom stereocenters. The molecule has 1 spiro atoms. The van der Waals surface area contributed by atoms with E-state index in [0.717, 1.165) is 0 Å². The maximum absolute atomic E-state index is 14.9. The monoisotopic (exact) mass is 1440 g/mol. The predicted molar refractivity (Wildman–Crippen MR) is 374 cm³/mol. The van der Waals surface area contributed by atoms with E-state index in [1.165, 1.54) is 62.6 Å². The highest BCUT2D eigenvalue weighted by Crippen LogP contribution is 2.57. The molecule has 0 aliphatic carbocycles. The van der Waals surface area contributed by atoms with Crippen LogP contribution < -0.4 is 37.1 Å². The van der Waals surface area contributed by atoms with Crippen molar-refractivity contribution in [3.05, 3.63) is 89.0 Å². The van der Waals surface area contributed by atoms with E-state index >= 15 is 0 Å². The zero-order chi connectivity index (χ0) is 73.8. The minimum atomic E-state index is -1.61. The Morgan fingerprint density at radius 1 is 0.670 bits per heavy atom. The van der Waals surface area contributed by atoms with Gasteiger partial charge in [0.05, 0.1) is 24.8 Å². The summed E-state index contributed by atoms with van der Waals surface area (Å²) in [5.74, 6) is -7.92. The maximum Gasteiger partial charge on any atom is 0.340 e. The van der Waals surface area contributed by atoms with Gasteiger partial charge in [0.1, 0.15) is 65.3 Å². The molecule has 4 fully saturated rings. The number of phenolic OH excluding ortho intramolecular Hbond substituents is 2. The molecule has 0 saturated carbocycles. The van der Waals surface area contributed by atoms with Gasteiger partial charge in [-0.3, -0.25) is 52.7 Å². The number of benzene rings is 3. The van der Waals surface area contributed by atoms with Gasteiger partial charge in [-0.05, 0) is 165 Å². The number of esters is 1. The minimum absolute atomic E-state index is 0.0628. The van der Waals surface area contributed by atoms with Crippen LogP contribution in [-0.2, 0) is 63.1 Å². The molecule has 30 nitrogen and oxygen atoms in total. The number of nitrogens with one attached hydrogen (secondary N) is 5. The second kappa shape index (κ2) is 33.9. The molecule has 7 aliphatic heterocycles. The van der Waals surface area contributed by atoms with E-state index in [-0.39, 0.29) is 98.8 Å². The Morgan fingerprint density at radius 2 is 1.30 bits per heavy atom. The Hall–Kier alpha value is -9.91. The summed E-state index contributed by atoms with van der Waals surface area (Å²) in [4.78, 5) is 175. The number of aliphatic hydroxyl groups excluding tert-OH is 1. The number of unbranched alkanes of at least 4 members (excludes halogenated alkanes) is 1. The molecular formula is C72H92N12O18S. The van der Waals surface area contributed by atoms with Gasteiger partial charge in [-0.2, -0.15) is 0 Å². The zero-order valence-corrected chi connectivity index (χ0v) is 58.8. The van der Waals surface area contributed by atoms with E-state index in [1.54, 1.807) is 35.2 Å². The number of nitrogens with zero attached hydrogens (tertiary/aromatic N) is 6. The first-order valence-corrected chi connectivity index (χ1v) is 36.0. The number of aliphatic hydroxyl groups is 1. The summed E-state index contributed by atoms with van der Waals surface area (Å²) in [5.41, 5.74) is 6.31.